The minimum Gasteiger partial charge on any atom is -0.507 e. The van der Waals surface area contributed by atoms with Crippen LogP contribution in [-0.4, -0.2) is 52.6 Å². The molecule has 1 amide bonds. The molecule has 1 aromatic carbocycles. The average Bonchev–Trinajstić information content (AvgIpc) is 3.44. The SMILES string of the molecule is C=CCOc1ccc(C2/C(=C(\O)c3ccncc3)C(=O)C(=O)N2c2nc(C)c(C(=O)OCC)s2)cc1OCC. The van der Waals surface area contributed by atoms with Gasteiger partial charge < -0.3 is 19.3 Å². The number of anilines is 1. The number of ketones is 1. The molecule has 1 fully saturated rings. The summed E-state index contributed by atoms with van der Waals surface area (Å²) in [5, 5.41) is 11.4. The number of rotatable bonds is 10. The fraction of sp³-hybridized carbons (Fsp3) is 0.250. The van der Waals surface area contributed by atoms with Crippen molar-refractivity contribution in [1.82, 2.24) is 9.97 Å². The molecule has 11 heteroatoms. The number of ether oxygens (including phenoxy) is 3. The Bertz CT molecular complexity index is 1450. The number of aliphatic hydroxyl groups is 1. The van der Waals surface area contributed by atoms with Crippen LogP contribution >= 0.6 is 11.3 Å². The van der Waals surface area contributed by atoms with Crippen LogP contribution in [0, 0.1) is 6.92 Å². The van der Waals surface area contributed by atoms with E-state index in [9.17, 15) is 19.5 Å². The first kappa shape index (κ1) is 27.5. The zero-order valence-corrected chi connectivity index (χ0v) is 22.5. The van der Waals surface area contributed by atoms with Crippen molar-refractivity contribution in [3.05, 3.63) is 82.7 Å². The number of esters is 1. The maximum absolute atomic E-state index is 13.5. The summed E-state index contributed by atoms with van der Waals surface area (Å²) in [7, 11) is 0. The second-order valence-corrected chi connectivity index (χ2v) is 9.25. The molecule has 202 valence electrons. The lowest BCUT2D eigenvalue weighted by molar-refractivity contribution is -0.132. The predicted octanol–water partition coefficient (Wildman–Crippen LogP) is 4.61. The van der Waals surface area contributed by atoms with Gasteiger partial charge in [0.2, 0.25) is 0 Å². The Labute approximate surface area is 229 Å². The highest BCUT2D eigenvalue weighted by molar-refractivity contribution is 7.17. The van der Waals surface area contributed by atoms with E-state index in [2.05, 4.69) is 16.5 Å². The summed E-state index contributed by atoms with van der Waals surface area (Å²) in [6.07, 6.45) is 4.53. The summed E-state index contributed by atoms with van der Waals surface area (Å²) in [6.45, 7) is 9.52. The largest absolute Gasteiger partial charge is 0.507 e. The van der Waals surface area contributed by atoms with Gasteiger partial charge in [-0.1, -0.05) is 30.1 Å². The number of thiazole rings is 1. The van der Waals surface area contributed by atoms with Gasteiger partial charge in [-0.05, 0) is 50.6 Å². The summed E-state index contributed by atoms with van der Waals surface area (Å²) < 4.78 is 16.6. The second-order valence-electron chi connectivity index (χ2n) is 8.28. The molecular weight excluding hydrogens is 522 g/mol. The number of Topliss-reactive ketones (excluding diaryl/α,β-unsaturated/α-hetero) is 1. The number of aryl methyl sites for hydroxylation is 1. The first-order valence-electron chi connectivity index (χ1n) is 12.2. The molecule has 4 rings (SSSR count). The van der Waals surface area contributed by atoms with Crippen LogP contribution in [0.15, 0.2) is 61.0 Å². The number of carbonyl (C=O) groups is 3. The molecule has 0 bridgehead atoms. The van der Waals surface area contributed by atoms with Crippen molar-refractivity contribution in [1.29, 1.82) is 0 Å². The molecule has 1 aliphatic rings. The highest BCUT2D eigenvalue weighted by atomic mass is 32.1. The Morgan fingerprint density at radius 3 is 2.54 bits per heavy atom. The molecule has 39 heavy (non-hydrogen) atoms. The van der Waals surface area contributed by atoms with E-state index in [-0.39, 0.29) is 34.6 Å². The Kier molecular flexibility index (Phi) is 8.40. The van der Waals surface area contributed by atoms with E-state index in [0.29, 0.717) is 34.9 Å². The molecule has 0 saturated carbocycles. The Hall–Kier alpha value is -4.51. The molecule has 0 radical (unpaired) electrons. The van der Waals surface area contributed by atoms with Gasteiger partial charge in [-0.3, -0.25) is 19.5 Å². The lowest BCUT2D eigenvalue weighted by Crippen LogP contribution is -2.29. The van der Waals surface area contributed by atoms with Crippen molar-refractivity contribution in [3.8, 4) is 11.5 Å². The topological polar surface area (TPSA) is 128 Å². The first-order chi connectivity index (χ1) is 18.8. The van der Waals surface area contributed by atoms with Crippen LogP contribution in [0.3, 0.4) is 0 Å². The minimum atomic E-state index is -1.08. The molecule has 10 nitrogen and oxygen atoms in total. The zero-order valence-electron chi connectivity index (χ0n) is 21.7. The fourth-order valence-electron chi connectivity index (χ4n) is 4.11. The Morgan fingerprint density at radius 2 is 1.87 bits per heavy atom. The lowest BCUT2D eigenvalue weighted by atomic mass is 9.95. The summed E-state index contributed by atoms with van der Waals surface area (Å²) in [6, 6.07) is 6.97. The molecule has 1 N–H and O–H groups in total. The van der Waals surface area contributed by atoms with Crippen LogP contribution in [0.25, 0.3) is 5.76 Å². The average molecular weight is 550 g/mol. The van der Waals surface area contributed by atoms with Crippen molar-refractivity contribution < 1.29 is 33.7 Å². The fourth-order valence-corrected chi connectivity index (χ4v) is 5.10. The monoisotopic (exact) mass is 549 g/mol. The third-order valence-electron chi connectivity index (χ3n) is 5.79. The number of hydrogen-bond donors (Lipinski definition) is 1. The van der Waals surface area contributed by atoms with Crippen LogP contribution in [0.1, 0.15) is 46.4 Å². The van der Waals surface area contributed by atoms with Crippen molar-refractivity contribution in [2.75, 3.05) is 24.7 Å². The van der Waals surface area contributed by atoms with Gasteiger partial charge in [0.15, 0.2) is 16.6 Å². The number of benzene rings is 1. The van der Waals surface area contributed by atoms with E-state index in [4.69, 9.17) is 14.2 Å². The van der Waals surface area contributed by atoms with Gasteiger partial charge in [-0.2, -0.15) is 0 Å². The Balaban J connectivity index is 1.92. The van der Waals surface area contributed by atoms with Crippen LogP contribution in [0.4, 0.5) is 5.13 Å². The number of amides is 1. The quantitative estimate of drug-likeness (QED) is 0.127. The number of nitrogens with zero attached hydrogens (tertiary/aromatic N) is 3. The second kappa shape index (κ2) is 11.9. The number of carbonyl (C=O) groups excluding carboxylic acids is 3. The number of aliphatic hydroxyl groups excluding tert-OH is 1. The third kappa shape index (κ3) is 5.39. The molecule has 1 atom stereocenters. The van der Waals surface area contributed by atoms with Crippen LogP contribution in [0.5, 0.6) is 11.5 Å². The molecule has 0 spiro atoms. The molecular formula is C28H27N3O7S. The summed E-state index contributed by atoms with van der Waals surface area (Å²) in [5.74, 6) is -1.91. The van der Waals surface area contributed by atoms with Crippen molar-refractivity contribution in [3.63, 3.8) is 0 Å². The van der Waals surface area contributed by atoms with Gasteiger partial charge in [0.1, 0.15) is 17.2 Å². The molecule has 3 aromatic rings. The van der Waals surface area contributed by atoms with Crippen LogP contribution in [-0.2, 0) is 14.3 Å². The highest BCUT2D eigenvalue weighted by Crippen LogP contribution is 2.45. The maximum atomic E-state index is 13.5. The summed E-state index contributed by atoms with van der Waals surface area (Å²) in [5.41, 5.74) is 0.988. The summed E-state index contributed by atoms with van der Waals surface area (Å²) >= 11 is 0.933. The highest BCUT2D eigenvalue weighted by Gasteiger charge is 2.48. The van der Waals surface area contributed by atoms with E-state index in [1.807, 2.05) is 6.92 Å². The number of pyridine rings is 1. The molecule has 2 aromatic heterocycles. The van der Waals surface area contributed by atoms with E-state index in [1.54, 1.807) is 38.1 Å². The van der Waals surface area contributed by atoms with Crippen molar-refractivity contribution in [2.45, 2.75) is 26.8 Å². The van der Waals surface area contributed by atoms with Crippen LogP contribution in [0.2, 0.25) is 0 Å². The molecule has 3 heterocycles. The smallest absolute Gasteiger partial charge is 0.350 e. The maximum Gasteiger partial charge on any atom is 0.350 e. The van der Waals surface area contributed by atoms with Gasteiger partial charge in [0, 0.05) is 18.0 Å². The van der Waals surface area contributed by atoms with Gasteiger partial charge in [-0.15, -0.1) is 0 Å². The van der Waals surface area contributed by atoms with Gasteiger partial charge in [0.05, 0.1) is 30.5 Å². The Morgan fingerprint density at radius 1 is 1.13 bits per heavy atom. The standard InChI is InChI=1S/C28H27N3O7S/c1-5-14-38-19-9-8-18(15-20(19)36-6-2)22-21(23(32)17-10-12-29-13-11-17)24(33)26(34)31(22)28-30-16(4)25(39-28)27(35)37-7-3/h5,8-13,15,22,32H,1,6-7,14H2,2-4H3/b23-21+. The van der Waals surface area contributed by atoms with E-state index in [1.165, 1.54) is 29.4 Å². The van der Waals surface area contributed by atoms with Gasteiger partial charge >= 0.3 is 11.9 Å². The summed E-state index contributed by atoms with van der Waals surface area (Å²) in [4.78, 5) is 49.2. The van der Waals surface area contributed by atoms with Gasteiger partial charge in [-0.25, -0.2) is 9.78 Å². The van der Waals surface area contributed by atoms with E-state index in [0.717, 1.165) is 11.3 Å². The molecule has 1 saturated heterocycles. The van der Waals surface area contributed by atoms with E-state index >= 15 is 0 Å². The predicted molar refractivity (Wildman–Crippen MR) is 145 cm³/mol. The molecule has 1 aliphatic heterocycles. The van der Waals surface area contributed by atoms with Crippen molar-refractivity contribution >= 4 is 39.9 Å². The lowest BCUT2D eigenvalue weighted by Gasteiger charge is -2.24. The van der Waals surface area contributed by atoms with Gasteiger partial charge in [0.25, 0.3) is 5.78 Å². The van der Waals surface area contributed by atoms with E-state index < -0.39 is 23.7 Å². The molecule has 1 unspecified atom stereocenters. The normalized spacial score (nSPS) is 16.3. The first-order valence-corrected chi connectivity index (χ1v) is 13.0. The van der Waals surface area contributed by atoms with Crippen molar-refractivity contribution in [2.24, 2.45) is 0 Å². The van der Waals surface area contributed by atoms with Crippen LogP contribution < -0.4 is 14.4 Å². The zero-order chi connectivity index (χ0) is 28.1. The number of aromatic nitrogens is 2. The third-order valence-corrected chi connectivity index (χ3v) is 6.93. The number of hydrogen-bond acceptors (Lipinski definition) is 10. The minimum absolute atomic E-state index is 0.112. The molecule has 0 aliphatic carbocycles.